The van der Waals surface area contributed by atoms with Crippen LogP contribution in [0.3, 0.4) is 0 Å². The molecule has 0 heterocycles. The minimum absolute atomic E-state index is 1.21. The van der Waals surface area contributed by atoms with Crippen LogP contribution in [0.1, 0.15) is 0 Å². The minimum Gasteiger partial charge on any atom is -0.0622 e. The van der Waals surface area contributed by atoms with Gasteiger partial charge in [-0.15, -0.1) is 0 Å². The van der Waals surface area contributed by atoms with Crippen molar-refractivity contribution in [1.29, 1.82) is 0 Å². The zero-order valence-electron chi connectivity index (χ0n) is 29.8. The highest BCUT2D eigenvalue weighted by Gasteiger charge is 2.17. The molecule has 0 fully saturated rings. The Balaban J connectivity index is 1.04. The first kappa shape index (κ1) is 31.7. The van der Waals surface area contributed by atoms with Gasteiger partial charge in [-0.3, -0.25) is 0 Å². The van der Waals surface area contributed by atoms with E-state index < -0.39 is 0 Å². The highest BCUT2D eigenvalue weighted by molar-refractivity contribution is 6.21. The fourth-order valence-corrected chi connectivity index (χ4v) is 8.20. The largest absolute Gasteiger partial charge is 0.0622 e. The lowest BCUT2D eigenvalue weighted by atomic mass is 9.85. The number of benzene rings is 10. The molecule has 0 spiro atoms. The Hall–Kier alpha value is -7.02. The van der Waals surface area contributed by atoms with Gasteiger partial charge in [0.1, 0.15) is 0 Å². The van der Waals surface area contributed by atoms with Crippen LogP contribution in [0, 0.1) is 0 Å². The normalized spacial score (nSPS) is 11.3. The van der Waals surface area contributed by atoms with Crippen molar-refractivity contribution in [2.24, 2.45) is 0 Å². The zero-order chi connectivity index (χ0) is 35.8. The fraction of sp³-hybridized carbons (Fsp3) is 0. The van der Waals surface area contributed by atoms with Crippen LogP contribution in [0.5, 0.6) is 0 Å². The van der Waals surface area contributed by atoms with Crippen molar-refractivity contribution in [3.63, 3.8) is 0 Å². The minimum atomic E-state index is 1.21. The highest BCUT2D eigenvalue weighted by atomic mass is 14.2. The lowest BCUT2D eigenvalue weighted by Crippen LogP contribution is -1.91. The summed E-state index contributed by atoms with van der Waals surface area (Å²) in [6.07, 6.45) is 0. The van der Waals surface area contributed by atoms with Crippen LogP contribution in [0.15, 0.2) is 218 Å². The number of hydrogen-bond donors (Lipinski definition) is 0. The summed E-state index contributed by atoms with van der Waals surface area (Å²) in [5.74, 6) is 0. The number of fused-ring (bicyclic) bond motifs is 3. The Labute approximate surface area is 316 Å². The Bertz CT molecular complexity index is 2910. The smallest absolute Gasteiger partial charge is 0.00262 e. The molecule has 0 saturated heterocycles. The van der Waals surface area contributed by atoms with Gasteiger partial charge in [-0.05, 0) is 129 Å². The molecule has 0 aliphatic heterocycles. The Kier molecular flexibility index (Phi) is 7.93. The molecule has 10 aromatic carbocycles. The summed E-state index contributed by atoms with van der Waals surface area (Å²) in [4.78, 5) is 0. The van der Waals surface area contributed by atoms with Crippen molar-refractivity contribution in [3.8, 4) is 66.8 Å². The van der Waals surface area contributed by atoms with Crippen molar-refractivity contribution in [1.82, 2.24) is 0 Å². The van der Waals surface area contributed by atoms with Gasteiger partial charge >= 0.3 is 0 Å². The van der Waals surface area contributed by atoms with Crippen LogP contribution in [0.25, 0.3) is 99.1 Å². The lowest BCUT2D eigenvalue weighted by molar-refractivity contribution is 1.57. The molecule has 0 unspecified atom stereocenters. The second-order valence-electron chi connectivity index (χ2n) is 14.1. The van der Waals surface area contributed by atoms with Crippen LogP contribution in [-0.2, 0) is 0 Å². The predicted octanol–water partition coefficient (Wildman–Crippen LogP) is 15.1. The predicted molar refractivity (Wildman–Crippen MR) is 232 cm³/mol. The molecule has 0 bridgehead atoms. The van der Waals surface area contributed by atoms with Gasteiger partial charge < -0.3 is 0 Å². The first-order valence-electron chi connectivity index (χ1n) is 18.7. The fourth-order valence-electron chi connectivity index (χ4n) is 8.20. The maximum atomic E-state index is 2.38. The van der Waals surface area contributed by atoms with E-state index in [0.717, 1.165) is 0 Å². The van der Waals surface area contributed by atoms with E-state index >= 15 is 0 Å². The summed E-state index contributed by atoms with van der Waals surface area (Å²) in [7, 11) is 0. The molecular formula is C54H36. The standard InChI is InChI=1S/C54H36/c1-3-14-37(15-4-1)40-18-11-19-41(32-40)42-20-12-21-43(33-42)44-22-13-23-45(34-44)46-30-28-38-29-31-47(36-48(38)35-46)54-51-26-9-7-24-49(51)53(39-16-5-2-6-17-39)50-25-8-10-27-52(50)54/h1-36H. The van der Waals surface area contributed by atoms with E-state index in [2.05, 4.69) is 218 Å². The summed E-state index contributed by atoms with van der Waals surface area (Å²) < 4.78 is 0. The first-order valence-corrected chi connectivity index (χ1v) is 18.7. The van der Waals surface area contributed by atoms with E-state index in [9.17, 15) is 0 Å². The van der Waals surface area contributed by atoms with Gasteiger partial charge in [0.2, 0.25) is 0 Å². The molecule has 0 radical (unpaired) electrons. The van der Waals surface area contributed by atoms with Gasteiger partial charge in [-0.1, -0.05) is 188 Å². The Morgan fingerprint density at radius 1 is 0.167 bits per heavy atom. The third-order valence-electron chi connectivity index (χ3n) is 10.8. The molecule has 0 atom stereocenters. The Morgan fingerprint density at radius 3 is 0.944 bits per heavy atom. The zero-order valence-corrected chi connectivity index (χ0v) is 29.8. The van der Waals surface area contributed by atoms with Gasteiger partial charge in [0.05, 0.1) is 0 Å². The van der Waals surface area contributed by atoms with Crippen LogP contribution < -0.4 is 0 Å². The van der Waals surface area contributed by atoms with Crippen LogP contribution >= 0.6 is 0 Å². The van der Waals surface area contributed by atoms with Crippen molar-refractivity contribution < 1.29 is 0 Å². The quantitative estimate of drug-likeness (QED) is 0.153. The van der Waals surface area contributed by atoms with E-state index in [1.807, 2.05) is 0 Å². The summed E-state index contributed by atoms with van der Waals surface area (Å²) in [5.41, 5.74) is 14.8. The van der Waals surface area contributed by atoms with Gasteiger partial charge in [0, 0.05) is 0 Å². The molecule has 0 aliphatic carbocycles. The second-order valence-corrected chi connectivity index (χ2v) is 14.1. The molecular weight excluding hydrogens is 649 g/mol. The molecule has 10 aromatic rings. The molecule has 0 nitrogen and oxygen atoms in total. The number of hydrogen-bond acceptors (Lipinski definition) is 0. The van der Waals surface area contributed by atoms with E-state index in [4.69, 9.17) is 0 Å². The summed E-state index contributed by atoms with van der Waals surface area (Å²) in [6, 6.07) is 79.7. The summed E-state index contributed by atoms with van der Waals surface area (Å²) in [5, 5.41) is 7.56. The SMILES string of the molecule is c1ccc(-c2cccc(-c3cccc(-c4cccc(-c5ccc6ccc(-c7c8ccccc8c(-c8ccccc8)c8ccccc78)cc6c5)c4)c3)c2)cc1. The van der Waals surface area contributed by atoms with Crippen molar-refractivity contribution in [2.45, 2.75) is 0 Å². The van der Waals surface area contributed by atoms with E-state index in [1.54, 1.807) is 0 Å². The van der Waals surface area contributed by atoms with E-state index in [-0.39, 0.29) is 0 Å². The Morgan fingerprint density at radius 2 is 0.481 bits per heavy atom. The van der Waals surface area contributed by atoms with Crippen LogP contribution in [0.4, 0.5) is 0 Å². The van der Waals surface area contributed by atoms with Crippen LogP contribution in [0.2, 0.25) is 0 Å². The molecule has 0 N–H and O–H groups in total. The third-order valence-corrected chi connectivity index (χ3v) is 10.8. The molecule has 0 aromatic heterocycles. The molecule has 0 heteroatoms. The maximum absolute atomic E-state index is 2.38. The average Bonchev–Trinajstić information content (AvgIpc) is 3.26. The first-order chi connectivity index (χ1) is 26.8. The van der Waals surface area contributed by atoms with Gasteiger partial charge in [0.25, 0.3) is 0 Å². The topological polar surface area (TPSA) is 0 Å². The van der Waals surface area contributed by atoms with Crippen LogP contribution in [-0.4, -0.2) is 0 Å². The molecule has 0 amide bonds. The molecule has 10 rings (SSSR count). The van der Waals surface area contributed by atoms with Crippen molar-refractivity contribution in [2.75, 3.05) is 0 Å². The molecule has 252 valence electrons. The summed E-state index contributed by atoms with van der Waals surface area (Å²) in [6.45, 7) is 0. The third kappa shape index (κ3) is 5.75. The average molecular weight is 685 g/mol. The molecule has 0 saturated carbocycles. The van der Waals surface area contributed by atoms with Gasteiger partial charge in [-0.2, -0.15) is 0 Å². The maximum Gasteiger partial charge on any atom is -0.00262 e. The second kappa shape index (κ2) is 13.5. The van der Waals surface area contributed by atoms with E-state index in [1.165, 1.54) is 99.1 Å². The number of rotatable bonds is 6. The van der Waals surface area contributed by atoms with E-state index in [0.29, 0.717) is 0 Å². The van der Waals surface area contributed by atoms with Gasteiger partial charge in [-0.25, -0.2) is 0 Å². The summed E-state index contributed by atoms with van der Waals surface area (Å²) >= 11 is 0. The van der Waals surface area contributed by atoms with Crippen molar-refractivity contribution >= 4 is 32.3 Å². The van der Waals surface area contributed by atoms with Crippen molar-refractivity contribution in [3.05, 3.63) is 218 Å². The monoisotopic (exact) mass is 684 g/mol. The highest BCUT2D eigenvalue weighted by Crippen LogP contribution is 2.44. The molecule has 54 heavy (non-hydrogen) atoms. The lowest BCUT2D eigenvalue weighted by Gasteiger charge is -2.18. The van der Waals surface area contributed by atoms with Gasteiger partial charge in [0.15, 0.2) is 0 Å². The molecule has 0 aliphatic rings.